The third-order valence-electron chi connectivity index (χ3n) is 5.03. The Morgan fingerprint density at radius 1 is 1.24 bits per heavy atom. The number of nitro benzene ring substituents is 1. The molecule has 0 spiro atoms. The number of nitrogens with zero attached hydrogens (tertiary/aromatic N) is 3. The monoisotopic (exact) mass is 512 g/mol. The molecule has 184 valence electrons. The summed E-state index contributed by atoms with van der Waals surface area (Å²) in [4.78, 5) is 37.5. The standard InChI is InChI=1S/C21H25ClN4O7S/c1-14(21(28)23-2)24(12-15-7-5-6-8-17(15)22)20(27)13-25(34(4,31)32)18-11-16(26(29)30)9-10-19(18)33-3/h5-11,14H,12-13H2,1-4H3,(H,23,28)/t14-/m1/s1. The molecule has 2 amide bonds. The predicted molar refractivity (Wildman–Crippen MR) is 127 cm³/mol. The van der Waals surface area contributed by atoms with Crippen molar-refractivity contribution < 1.29 is 27.7 Å². The Balaban J connectivity index is 2.53. The van der Waals surface area contributed by atoms with Crippen LogP contribution in [-0.4, -0.2) is 63.1 Å². The van der Waals surface area contributed by atoms with Crippen LogP contribution < -0.4 is 14.4 Å². The van der Waals surface area contributed by atoms with Gasteiger partial charge in [-0.1, -0.05) is 29.8 Å². The molecule has 0 saturated carbocycles. The van der Waals surface area contributed by atoms with Crippen LogP contribution in [-0.2, 0) is 26.2 Å². The molecule has 0 heterocycles. The number of rotatable bonds is 10. The van der Waals surface area contributed by atoms with Crippen molar-refractivity contribution in [2.75, 3.05) is 31.3 Å². The van der Waals surface area contributed by atoms with Gasteiger partial charge in [-0.05, 0) is 24.6 Å². The summed E-state index contributed by atoms with van der Waals surface area (Å²) in [7, 11) is -1.42. The Morgan fingerprint density at radius 2 is 1.88 bits per heavy atom. The van der Waals surface area contributed by atoms with Gasteiger partial charge in [-0.15, -0.1) is 0 Å². The van der Waals surface area contributed by atoms with Gasteiger partial charge in [0.15, 0.2) is 0 Å². The molecular formula is C21H25ClN4O7S. The molecule has 34 heavy (non-hydrogen) atoms. The second-order valence-electron chi connectivity index (χ2n) is 7.29. The second kappa shape index (κ2) is 11.2. The van der Waals surface area contributed by atoms with Crippen LogP contribution in [0.3, 0.4) is 0 Å². The van der Waals surface area contributed by atoms with Gasteiger partial charge < -0.3 is 15.0 Å². The van der Waals surface area contributed by atoms with Gasteiger partial charge in [-0.2, -0.15) is 0 Å². The van der Waals surface area contributed by atoms with E-state index in [0.29, 0.717) is 14.9 Å². The third-order valence-corrected chi connectivity index (χ3v) is 6.53. The number of nitrogens with one attached hydrogen (secondary N) is 1. The van der Waals surface area contributed by atoms with Gasteiger partial charge in [0.25, 0.3) is 5.69 Å². The Labute approximate surface area is 202 Å². The summed E-state index contributed by atoms with van der Waals surface area (Å²) in [6.45, 7) is 0.686. The van der Waals surface area contributed by atoms with E-state index in [1.165, 1.54) is 32.0 Å². The van der Waals surface area contributed by atoms with E-state index < -0.39 is 39.3 Å². The molecule has 0 fully saturated rings. The van der Waals surface area contributed by atoms with E-state index in [9.17, 15) is 28.1 Å². The lowest BCUT2D eigenvalue weighted by atomic mass is 10.1. The zero-order valence-corrected chi connectivity index (χ0v) is 20.6. The number of nitro groups is 1. The van der Waals surface area contributed by atoms with Crippen molar-refractivity contribution >= 4 is 44.8 Å². The lowest BCUT2D eigenvalue weighted by Crippen LogP contribution is -2.50. The molecule has 0 aliphatic heterocycles. The molecule has 0 bridgehead atoms. The van der Waals surface area contributed by atoms with Crippen molar-refractivity contribution in [1.29, 1.82) is 0 Å². The number of benzene rings is 2. The summed E-state index contributed by atoms with van der Waals surface area (Å²) in [5.74, 6) is -1.19. The molecule has 0 aliphatic rings. The number of carbonyl (C=O) groups excluding carboxylic acids is 2. The predicted octanol–water partition coefficient (Wildman–Crippen LogP) is 2.19. The van der Waals surface area contributed by atoms with Crippen molar-refractivity contribution in [3.63, 3.8) is 0 Å². The molecule has 1 atom stereocenters. The lowest BCUT2D eigenvalue weighted by Gasteiger charge is -2.31. The zero-order chi connectivity index (χ0) is 25.6. The number of ether oxygens (including phenoxy) is 1. The maximum absolute atomic E-state index is 13.4. The van der Waals surface area contributed by atoms with Crippen molar-refractivity contribution in [3.05, 3.63) is 63.2 Å². The molecule has 1 N–H and O–H groups in total. The van der Waals surface area contributed by atoms with E-state index in [-0.39, 0.29) is 23.7 Å². The number of likely N-dealkylation sites (N-methyl/N-ethyl adjacent to an activating group) is 1. The first kappa shape index (κ1) is 26.9. The maximum Gasteiger partial charge on any atom is 0.271 e. The van der Waals surface area contributed by atoms with Crippen LogP contribution in [0.5, 0.6) is 5.75 Å². The Morgan fingerprint density at radius 3 is 2.41 bits per heavy atom. The highest BCUT2D eigenvalue weighted by Gasteiger charge is 2.32. The molecule has 2 aromatic carbocycles. The van der Waals surface area contributed by atoms with E-state index in [1.807, 2.05) is 0 Å². The number of anilines is 1. The Kier molecular flexibility index (Phi) is 8.82. The summed E-state index contributed by atoms with van der Waals surface area (Å²) < 4.78 is 31.2. The summed E-state index contributed by atoms with van der Waals surface area (Å²) in [5, 5.41) is 14.1. The molecule has 0 unspecified atom stereocenters. The maximum atomic E-state index is 13.4. The van der Waals surface area contributed by atoms with Crippen molar-refractivity contribution in [1.82, 2.24) is 10.2 Å². The molecule has 0 radical (unpaired) electrons. The van der Waals surface area contributed by atoms with Crippen molar-refractivity contribution in [2.24, 2.45) is 0 Å². The third kappa shape index (κ3) is 6.35. The van der Waals surface area contributed by atoms with Crippen LogP contribution in [0.25, 0.3) is 0 Å². The fourth-order valence-corrected chi connectivity index (χ4v) is 4.22. The van der Waals surface area contributed by atoms with Crippen molar-refractivity contribution in [2.45, 2.75) is 19.5 Å². The molecule has 11 nitrogen and oxygen atoms in total. The number of hydrogen-bond donors (Lipinski definition) is 1. The summed E-state index contributed by atoms with van der Waals surface area (Å²) >= 11 is 6.23. The van der Waals surface area contributed by atoms with E-state index in [0.717, 1.165) is 18.4 Å². The molecule has 2 rings (SSSR count). The van der Waals surface area contributed by atoms with Crippen LogP contribution in [0.4, 0.5) is 11.4 Å². The van der Waals surface area contributed by atoms with Gasteiger partial charge in [0.1, 0.15) is 24.0 Å². The van der Waals surface area contributed by atoms with Crippen LogP contribution in [0.2, 0.25) is 5.02 Å². The minimum absolute atomic E-state index is 0.0147. The Hall–Kier alpha value is -3.38. The fourth-order valence-electron chi connectivity index (χ4n) is 3.18. The van der Waals surface area contributed by atoms with Gasteiger partial charge in [0, 0.05) is 30.7 Å². The second-order valence-corrected chi connectivity index (χ2v) is 9.60. The summed E-state index contributed by atoms with van der Waals surface area (Å²) in [6.07, 6.45) is 0.860. The molecule has 13 heteroatoms. The quantitative estimate of drug-likeness (QED) is 0.380. The van der Waals surface area contributed by atoms with E-state index in [1.54, 1.807) is 24.3 Å². The van der Waals surface area contributed by atoms with E-state index >= 15 is 0 Å². The first-order chi connectivity index (χ1) is 15.9. The topological polar surface area (TPSA) is 139 Å². The van der Waals surface area contributed by atoms with E-state index in [2.05, 4.69) is 5.32 Å². The fraction of sp³-hybridized carbons (Fsp3) is 0.333. The molecule has 0 aromatic heterocycles. The van der Waals surface area contributed by atoms with Gasteiger partial charge >= 0.3 is 0 Å². The van der Waals surface area contributed by atoms with E-state index in [4.69, 9.17) is 16.3 Å². The highest BCUT2D eigenvalue weighted by atomic mass is 35.5. The number of amides is 2. The summed E-state index contributed by atoms with van der Waals surface area (Å²) in [6, 6.07) is 9.16. The number of methoxy groups -OCH3 is 1. The highest BCUT2D eigenvalue weighted by molar-refractivity contribution is 7.92. The Bertz CT molecular complexity index is 1190. The summed E-state index contributed by atoms with van der Waals surface area (Å²) in [5.41, 5.74) is -0.0199. The van der Waals surface area contributed by atoms with Gasteiger partial charge in [-0.3, -0.25) is 24.0 Å². The SMILES string of the molecule is CNC(=O)[C@@H](C)N(Cc1ccccc1Cl)C(=O)CN(c1cc([N+](=O)[O-])ccc1OC)S(C)(=O)=O. The lowest BCUT2D eigenvalue weighted by molar-refractivity contribution is -0.384. The number of carbonyl (C=O) groups is 2. The number of hydrogen-bond acceptors (Lipinski definition) is 7. The number of non-ortho nitro benzene ring substituents is 1. The molecule has 0 saturated heterocycles. The first-order valence-electron chi connectivity index (χ1n) is 9.95. The average Bonchev–Trinajstić information content (AvgIpc) is 2.79. The van der Waals surface area contributed by atoms with Gasteiger partial charge in [-0.25, -0.2) is 8.42 Å². The largest absolute Gasteiger partial charge is 0.495 e. The minimum atomic E-state index is -4.10. The molecular weight excluding hydrogens is 488 g/mol. The minimum Gasteiger partial charge on any atom is -0.495 e. The average molecular weight is 513 g/mol. The van der Waals surface area contributed by atoms with Gasteiger partial charge in [0.2, 0.25) is 21.8 Å². The number of halogens is 1. The number of sulfonamides is 1. The van der Waals surface area contributed by atoms with Crippen LogP contribution in [0, 0.1) is 10.1 Å². The molecule has 2 aromatic rings. The normalized spacial score (nSPS) is 11.9. The smallest absolute Gasteiger partial charge is 0.271 e. The highest BCUT2D eigenvalue weighted by Crippen LogP contribution is 2.34. The zero-order valence-electron chi connectivity index (χ0n) is 19.0. The van der Waals surface area contributed by atoms with Crippen LogP contribution in [0.15, 0.2) is 42.5 Å². The van der Waals surface area contributed by atoms with Gasteiger partial charge in [0.05, 0.1) is 18.3 Å². The van der Waals surface area contributed by atoms with Crippen molar-refractivity contribution in [3.8, 4) is 5.75 Å². The van der Waals surface area contributed by atoms with Crippen LogP contribution in [0.1, 0.15) is 12.5 Å². The first-order valence-corrected chi connectivity index (χ1v) is 12.2. The van der Waals surface area contributed by atoms with Crippen LogP contribution >= 0.6 is 11.6 Å². The molecule has 0 aliphatic carbocycles.